The number of nitrogens with zero attached hydrogens (tertiary/aromatic N) is 3. The van der Waals surface area contributed by atoms with Crippen LogP contribution in [0.2, 0.25) is 5.02 Å². The van der Waals surface area contributed by atoms with Gasteiger partial charge in [0.15, 0.2) is 0 Å². The molecule has 0 amide bonds. The van der Waals surface area contributed by atoms with E-state index in [9.17, 15) is 10.1 Å². The molecule has 1 aliphatic rings. The Hall–Kier alpha value is -2.65. The van der Waals surface area contributed by atoms with E-state index in [1.165, 1.54) is 0 Å². The summed E-state index contributed by atoms with van der Waals surface area (Å²) >= 11 is 5.85. The van der Waals surface area contributed by atoms with E-state index >= 15 is 0 Å². The average Bonchev–Trinajstić information content (AvgIpc) is 3.08. The highest BCUT2D eigenvalue weighted by atomic mass is 35.5. The topological polar surface area (TPSA) is 128 Å². The molecule has 9 nitrogen and oxygen atoms in total. The van der Waals surface area contributed by atoms with Gasteiger partial charge in [0.05, 0.1) is 11.0 Å². The third kappa shape index (κ3) is 4.25. The molecule has 10 heteroatoms. The predicted molar refractivity (Wildman–Crippen MR) is 95.3 cm³/mol. The van der Waals surface area contributed by atoms with Gasteiger partial charge in [-0.3, -0.25) is 10.1 Å². The molecule has 2 aromatic rings. The van der Waals surface area contributed by atoms with E-state index in [1.807, 2.05) is 0 Å². The third-order valence-electron chi connectivity index (χ3n) is 3.72. The lowest BCUT2D eigenvalue weighted by Crippen LogP contribution is -2.20. The molecule has 0 radical (unpaired) electrons. The van der Waals surface area contributed by atoms with Gasteiger partial charge in [-0.05, 0) is 37.1 Å². The molecule has 1 saturated heterocycles. The first-order valence-corrected chi connectivity index (χ1v) is 8.10. The standard InChI is InChI=1S/C15H17ClN6O3/c16-9-3-5-10(6-4-9)19-15-20-13(17)12(22(23)24)14(21-15)18-8-11-2-1-7-25-11/h3-6,11H,1-2,7-8H2,(H4,17,18,19,20,21). The highest BCUT2D eigenvalue weighted by molar-refractivity contribution is 6.30. The molecule has 1 aromatic carbocycles. The Morgan fingerprint density at radius 2 is 2.12 bits per heavy atom. The van der Waals surface area contributed by atoms with Crippen LogP contribution in [0.5, 0.6) is 0 Å². The molecular weight excluding hydrogens is 348 g/mol. The number of halogens is 1. The van der Waals surface area contributed by atoms with Gasteiger partial charge < -0.3 is 21.1 Å². The zero-order valence-electron chi connectivity index (χ0n) is 13.2. The summed E-state index contributed by atoms with van der Waals surface area (Å²) in [6, 6.07) is 6.88. The number of benzene rings is 1. The molecule has 1 atom stereocenters. The Bertz CT molecular complexity index is 765. The molecule has 3 rings (SSSR count). The summed E-state index contributed by atoms with van der Waals surface area (Å²) in [5, 5.41) is 17.8. The molecule has 4 N–H and O–H groups in total. The van der Waals surface area contributed by atoms with E-state index in [2.05, 4.69) is 20.6 Å². The molecule has 25 heavy (non-hydrogen) atoms. The van der Waals surface area contributed by atoms with Crippen molar-refractivity contribution in [3.63, 3.8) is 0 Å². The zero-order valence-corrected chi connectivity index (χ0v) is 14.0. The van der Waals surface area contributed by atoms with Crippen molar-refractivity contribution in [1.29, 1.82) is 0 Å². The molecule has 1 fully saturated rings. The van der Waals surface area contributed by atoms with Crippen molar-refractivity contribution in [2.75, 3.05) is 29.5 Å². The Morgan fingerprint density at radius 1 is 1.36 bits per heavy atom. The maximum absolute atomic E-state index is 11.3. The van der Waals surface area contributed by atoms with Crippen LogP contribution in [0.25, 0.3) is 0 Å². The first kappa shape index (κ1) is 17.2. The summed E-state index contributed by atoms with van der Waals surface area (Å²) < 4.78 is 5.51. The Kier molecular flexibility index (Phi) is 5.15. The SMILES string of the molecule is Nc1nc(Nc2ccc(Cl)cc2)nc(NCC2CCCO2)c1[N+](=O)[O-]. The van der Waals surface area contributed by atoms with Crippen LogP contribution in [0.15, 0.2) is 24.3 Å². The zero-order chi connectivity index (χ0) is 17.8. The number of nitrogen functional groups attached to an aromatic ring is 1. The second kappa shape index (κ2) is 7.49. The third-order valence-corrected chi connectivity index (χ3v) is 3.97. The van der Waals surface area contributed by atoms with Gasteiger partial charge in [0.2, 0.25) is 17.6 Å². The number of nitro groups is 1. The fourth-order valence-corrected chi connectivity index (χ4v) is 2.64. The van der Waals surface area contributed by atoms with Crippen molar-refractivity contribution < 1.29 is 9.66 Å². The van der Waals surface area contributed by atoms with Gasteiger partial charge in [-0.1, -0.05) is 11.6 Å². The van der Waals surface area contributed by atoms with Gasteiger partial charge in [0.1, 0.15) is 0 Å². The van der Waals surface area contributed by atoms with Gasteiger partial charge in [0, 0.05) is 23.9 Å². The Balaban J connectivity index is 1.83. The van der Waals surface area contributed by atoms with E-state index in [0.717, 1.165) is 12.8 Å². The fourth-order valence-electron chi connectivity index (χ4n) is 2.51. The van der Waals surface area contributed by atoms with Crippen molar-refractivity contribution in [2.45, 2.75) is 18.9 Å². The number of nitrogens with one attached hydrogen (secondary N) is 2. The minimum absolute atomic E-state index is 0.00321. The number of anilines is 4. The lowest BCUT2D eigenvalue weighted by atomic mass is 10.2. The number of nitrogens with two attached hydrogens (primary N) is 1. The van der Waals surface area contributed by atoms with E-state index in [4.69, 9.17) is 22.1 Å². The van der Waals surface area contributed by atoms with Crippen molar-refractivity contribution in [3.05, 3.63) is 39.4 Å². The number of hydrogen-bond acceptors (Lipinski definition) is 8. The number of aromatic nitrogens is 2. The first-order chi connectivity index (χ1) is 12.0. The van der Waals surface area contributed by atoms with Crippen LogP contribution in [-0.2, 0) is 4.74 Å². The highest BCUT2D eigenvalue weighted by Gasteiger charge is 2.24. The molecule has 0 aliphatic carbocycles. The van der Waals surface area contributed by atoms with Gasteiger partial charge in [-0.15, -0.1) is 0 Å². The molecule has 132 valence electrons. The summed E-state index contributed by atoms with van der Waals surface area (Å²) in [7, 11) is 0. The number of hydrogen-bond donors (Lipinski definition) is 3. The van der Waals surface area contributed by atoms with Crippen molar-refractivity contribution >= 4 is 40.6 Å². The second-order valence-electron chi connectivity index (χ2n) is 5.53. The van der Waals surface area contributed by atoms with Gasteiger partial charge in [-0.2, -0.15) is 9.97 Å². The normalized spacial score (nSPS) is 16.6. The minimum atomic E-state index is -0.598. The van der Waals surface area contributed by atoms with Crippen molar-refractivity contribution in [3.8, 4) is 0 Å². The molecule has 0 saturated carbocycles. The second-order valence-corrected chi connectivity index (χ2v) is 5.97. The van der Waals surface area contributed by atoms with E-state index in [-0.39, 0.29) is 29.4 Å². The van der Waals surface area contributed by atoms with Gasteiger partial charge >= 0.3 is 5.69 Å². The van der Waals surface area contributed by atoms with Crippen LogP contribution in [-0.4, -0.2) is 34.1 Å². The molecule has 1 unspecified atom stereocenters. The van der Waals surface area contributed by atoms with E-state index in [0.29, 0.717) is 23.9 Å². The average molecular weight is 365 g/mol. The summed E-state index contributed by atoms with van der Waals surface area (Å²) in [5.74, 6) is -0.00368. The molecule has 2 heterocycles. The summed E-state index contributed by atoms with van der Waals surface area (Å²) in [5.41, 5.74) is 6.10. The summed E-state index contributed by atoms with van der Waals surface area (Å²) in [4.78, 5) is 18.8. The van der Waals surface area contributed by atoms with E-state index in [1.54, 1.807) is 24.3 Å². The lowest BCUT2D eigenvalue weighted by Gasteiger charge is -2.13. The number of ether oxygens (including phenoxy) is 1. The van der Waals surface area contributed by atoms with Crippen molar-refractivity contribution in [1.82, 2.24) is 9.97 Å². The van der Waals surface area contributed by atoms with Crippen LogP contribution in [0.1, 0.15) is 12.8 Å². The Morgan fingerprint density at radius 3 is 2.76 bits per heavy atom. The van der Waals surface area contributed by atoms with Crippen LogP contribution >= 0.6 is 11.6 Å². The summed E-state index contributed by atoms with van der Waals surface area (Å²) in [6.45, 7) is 1.11. The van der Waals surface area contributed by atoms with E-state index < -0.39 is 4.92 Å². The fraction of sp³-hybridized carbons (Fsp3) is 0.333. The highest BCUT2D eigenvalue weighted by Crippen LogP contribution is 2.30. The van der Waals surface area contributed by atoms with Crippen LogP contribution < -0.4 is 16.4 Å². The molecule has 1 aromatic heterocycles. The molecule has 1 aliphatic heterocycles. The molecule has 0 spiro atoms. The summed E-state index contributed by atoms with van der Waals surface area (Å²) in [6.07, 6.45) is 1.88. The minimum Gasteiger partial charge on any atom is -0.378 e. The van der Waals surface area contributed by atoms with Gasteiger partial charge in [0.25, 0.3) is 0 Å². The Labute approximate surface area is 148 Å². The number of rotatable bonds is 6. The molecule has 0 bridgehead atoms. The monoisotopic (exact) mass is 364 g/mol. The maximum atomic E-state index is 11.3. The van der Waals surface area contributed by atoms with Crippen molar-refractivity contribution in [2.24, 2.45) is 0 Å². The largest absolute Gasteiger partial charge is 0.378 e. The van der Waals surface area contributed by atoms with Crippen LogP contribution in [0, 0.1) is 10.1 Å². The van der Waals surface area contributed by atoms with Gasteiger partial charge in [-0.25, -0.2) is 0 Å². The molecular formula is C15H17ClN6O3. The maximum Gasteiger partial charge on any atom is 0.353 e. The quantitative estimate of drug-likeness (QED) is 0.527. The van der Waals surface area contributed by atoms with Crippen LogP contribution in [0.3, 0.4) is 0 Å². The van der Waals surface area contributed by atoms with Crippen LogP contribution in [0.4, 0.5) is 29.0 Å². The smallest absolute Gasteiger partial charge is 0.353 e. The lowest BCUT2D eigenvalue weighted by molar-refractivity contribution is -0.383. The predicted octanol–water partition coefficient (Wildman–Crippen LogP) is 2.95. The first-order valence-electron chi connectivity index (χ1n) is 7.73.